The molecule has 0 aromatic heterocycles. The SMILES string of the molecule is O=C(OCc1ccccc1)c1cc([N+](=O)[O-])ccc1Br. The molecule has 0 radical (unpaired) electrons. The molecule has 0 saturated heterocycles. The topological polar surface area (TPSA) is 69.4 Å². The van der Waals surface area contributed by atoms with Crippen molar-refractivity contribution in [1.29, 1.82) is 0 Å². The Kier molecular flexibility index (Phi) is 4.47. The van der Waals surface area contributed by atoms with Crippen molar-refractivity contribution in [3.8, 4) is 0 Å². The van der Waals surface area contributed by atoms with Gasteiger partial charge in [-0.3, -0.25) is 10.1 Å². The van der Waals surface area contributed by atoms with Gasteiger partial charge in [-0.1, -0.05) is 30.3 Å². The van der Waals surface area contributed by atoms with Gasteiger partial charge in [0.1, 0.15) is 6.61 Å². The third-order valence-electron chi connectivity index (χ3n) is 2.59. The number of nitro groups is 1. The fraction of sp³-hybridized carbons (Fsp3) is 0.0714. The van der Waals surface area contributed by atoms with Gasteiger partial charge in [0.2, 0.25) is 0 Å². The molecule has 0 fully saturated rings. The number of non-ortho nitro benzene ring substituents is 1. The largest absolute Gasteiger partial charge is 0.457 e. The Morgan fingerprint density at radius 1 is 1.20 bits per heavy atom. The van der Waals surface area contributed by atoms with Gasteiger partial charge in [-0.05, 0) is 27.6 Å². The highest BCUT2D eigenvalue weighted by Crippen LogP contribution is 2.23. The average Bonchev–Trinajstić information content (AvgIpc) is 2.46. The highest BCUT2D eigenvalue weighted by molar-refractivity contribution is 9.10. The second kappa shape index (κ2) is 6.29. The third-order valence-corrected chi connectivity index (χ3v) is 3.28. The van der Waals surface area contributed by atoms with Crippen molar-refractivity contribution in [2.45, 2.75) is 6.61 Å². The van der Waals surface area contributed by atoms with Gasteiger partial charge >= 0.3 is 5.97 Å². The zero-order valence-corrected chi connectivity index (χ0v) is 11.9. The summed E-state index contributed by atoms with van der Waals surface area (Å²) in [6, 6.07) is 13.2. The number of esters is 1. The second-order valence-corrected chi connectivity index (χ2v) is 4.84. The molecule has 0 aliphatic carbocycles. The van der Waals surface area contributed by atoms with Crippen LogP contribution in [0.4, 0.5) is 5.69 Å². The molecular formula is C14H10BrNO4. The number of carbonyl (C=O) groups excluding carboxylic acids is 1. The van der Waals surface area contributed by atoms with Gasteiger partial charge < -0.3 is 4.74 Å². The number of hydrogen-bond donors (Lipinski definition) is 0. The van der Waals surface area contributed by atoms with Gasteiger partial charge in [0.15, 0.2) is 0 Å². The van der Waals surface area contributed by atoms with E-state index in [1.165, 1.54) is 18.2 Å². The number of benzene rings is 2. The maximum atomic E-state index is 11.9. The minimum atomic E-state index is -0.607. The number of nitrogens with zero attached hydrogens (tertiary/aromatic N) is 1. The maximum absolute atomic E-state index is 11.9. The van der Waals surface area contributed by atoms with Crippen LogP contribution >= 0.6 is 15.9 Å². The molecule has 2 rings (SSSR count). The zero-order chi connectivity index (χ0) is 14.5. The molecule has 6 heteroatoms. The monoisotopic (exact) mass is 335 g/mol. The van der Waals surface area contributed by atoms with Gasteiger partial charge in [0.05, 0.1) is 10.5 Å². The Labute approximate surface area is 123 Å². The van der Waals surface area contributed by atoms with Crippen molar-refractivity contribution in [3.05, 3.63) is 74.2 Å². The lowest BCUT2D eigenvalue weighted by molar-refractivity contribution is -0.384. The molecule has 0 bridgehead atoms. The molecule has 0 amide bonds. The Morgan fingerprint density at radius 3 is 2.55 bits per heavy atom. The van der Waals surface area contributed by atoms with Gasteiger partial charge in [0.25, 0.3) is 5.69 Å². The van der Waals surface area contributed by atoms with E-state index in [1.54, 1.807) is 0 Å². The summed E-state index contributed by atoms with van der Waals surface area (Å²) in [5, 5.41) is 10.7. The van der Waals surface area contributed by atoms with Crippen LogP contribution in [-0.2, 0) is 11.3 Å². The first-order valence-corrected chi connectivity index (χ1v) is 6.52. The van der Waals surface area contributed by atoms with Crippen molar-refractivity contribution in [2.75, 3.05) is 0 Å². The fourth-order valence-corrected chi connectivity index (χ4v) is 1.99. The van der Waals surface area contributed by atoms with E-state index in [-0.39, 0.29) is 17.9 Å². The van der Waals surface area contributed by atoms with Gasteiger partial charge in [-0.2, -0.15) is 0 Å². The molecule has 0 N–H and O–H groups in total. The lowest BCUT2D eigenvalue weighted by atomic mass is 10.2. The van der Waals surface area contributed by atoms with E-state index in [0.29, 0.717) is 4.47 Å². The number of nitro benzene ring substituents is 1. The van der Waals surface area contributed by atoms with Crippen molar-refractivity contribution >= 4 is 27.6 Å². The van der Waals surface area contributed by atoms with Crippen molar-refractivity contribution in [2.24, 2.45) is 0 Å². The Morgan fingerprint density at radius 2 is 1.90 bits per heavy atom. The molecule has 2 aromatic carbocycles. The maximum Gasteiger partial charge on any atom is 0.339 e. The van der Waals surface area contributed by atoms with E-state index in [4.69, 9.17) is 4.74 Å². The first-order valence-electron chi connectivity index (χ1n) is 5.73. The van der Waals surface area contributed by atoms with Crippen LogP contribution in [0.25, 0.3) is 0 Å². The minimum Gasteiger partial charge on any atom is -0.457 e. The van der Waals surface area contributed by atoms with Crippen LogP contribution in [0.15, 0.2) is 53.0 Å². The van der Waals surface area contributed by atoms with Crippen LogP contribution in [0, 0.1) is 10.1 Å². The van der Waals surface area contributed by atoms with Crippen molar-refractivity contribution in [3.63, 3.8) is 0 Å². The smallest absolute Gasteiger partial charge is 0.339 e. The second-order valence-electron chi connectivity index (χ2n) is 3.98. The quantitative estimate of drug-likeness (QED) is 0.485. The molecule has 0 heterocycles. The van der Waals surface area contributed by atoms with Gasteiger partial charge in [-0.15, -0.1) is 0 Å². The summed E-state index contributed by atoms with van der Waals surface area (Å²) in [6.07, 6.45) is 0. The normalized spacial score (nSPS) is 10.1. The summed E-state index contributed by atoms with van der Waals surface area (Å²) >= 11 is 3.18. The zero-order valence-electron chi connectivity index (χ0n) is 10.3. The molecule has 0 unspecified atom stereocenters. The van der Waals surface area contributed by atoms with E-state index in [0.717, 1.165) is 5.56 Å². The number of hydrogen-bond acceptors (Lipinski definition) is 4. The molecule has 0 saturated carbocycles. The molecule has 0 spiro atoms. The molecule has 0 aliphatic rings. The van der Waals surface area contributed by atoms with Crippen LogP contribution in [0.3, 0.4) is 0 Å². The third kappa shape index (κ3) is 3.42. The summed E-state index contributed by atoms with van der Waals surface area (Å²) in [6.45, 7) is 0.120. The van der Waals surface area contributed by atoms with E-state index in [1.807, 2.05) is 30.3 Å². The lowest BCUT2D eigenvalue weighted by Gasteiger charge is -2.06. The van der Waals surface area contributed by atoms with Crippen LogP contribution < -0.4 is 0 Å². The summed E-state index contributed by atoms with van der Waals surface area (Å²) in [5.41, 5.74) is 0.831. The number of rotatable bonds is 4. The molecular weight excluding hydrogens is 326 g/mol. The van der Waals surface area contributed by atoms with Crippen LogP contribution in [-0.4, -0.2) is 10.9 Å². The lowest BCUT2D eigenvalue weighted by Crippen LogP contribution is -2.06. The standard InChI is InChI=1S/C14H10BrNO4/c15-13-7-6-11(16(18)19)8-12(13)14(17)20-9-10-4-2-1-3-5-10/h1-8H,9H2. The summed E-state index contributed by atoms with van der Waals surface area (Å²) < 4.78 is 5.60. The highest BCUT2D eigenvalue weighted by atomic mass is 79.9. The molecule has 2 aromatic rings. The number of halogens is 1. The molecule has 102 valence electrons. The first kappa shape index (κ1) is 14.2. The predicted molar refractivity (Wildman–Crippen MR) is 76.4 cm³/mol. The fourth-order valence-electron chi connectivity index (χ4n) is 1.58. The van der Waals surface area contributed by atoms with Crippen molar-refractivity contribution in [1.82, 2.24) is 0 Å². The molecule has 20 heavy (non-hydrogen) atoms. The van der Waals surface area contributed by atoms with E-state index < -0.39 is 10.9 Å². The Balaban J connectivity index is 2.13. The number of carbonyl (C=O) groups is 1. The molecule has 5 nitrogen and oxygen atoms in total. The summed E-state index contributed by atoms with van der Waals surface area (Å²) in [7, 11) is 0. The average molecular weight is 336 g/mol. The number of ether oxygens (including phenoxy) is 1. The van der Waals surface area contributed by atoms with Crippen LogP contribution in [0.2, 0.25) is 0 Å². The van der Waals surface area contributed by atoms with Gasteiger partial charge in [-0.25, -0.2) is 4.79 Å². The van der Waals surface area contributed by atoms with Crippen LogP contribution in [0.1, 0.15) is 15.9 Å². The molecule has 0 aliphatic heterocycles. The summed E-state index contributed by atoms with van der Waals surface area (Å²) in [4.78, 5) is 22.1. The molecule has 0 atom stereocenters. The van der Waals surface area contributed by atoms with Gasteiger partial charge in [0, 0.05) is 16.6 Å². The predicted octanol–water partition coefficient (Wildman–Crippen LogP) is 3.71. The van der Waals surface area contributed by atoms with E-state index >= 15 is 0 Å². The Hall–Kier alpha value is -2.21. The first-order chi connectivity index (χ1) is 9.58. The summed E-state index contributed by atoms with van der Waals surface area (Å²) in [5.74, 6) is -0.607. The van der Waals surface area contributed by atoms with E-state index in [9.17, 15) is 14.9 Å². The van der Waals surface area contributed by atoms with E-state index in [2.05, 4.69) is 15.9 Å². The van der Waals surface area contributed by atoms with Crippen LogP contribution in [0.5, 0.6) is 0 Å². The minimum absolute atomic E-state index is 0.120. The Bertz CT molecular complexity index is 643. The highest BCUT2D eigenvalue weighted by Gasteiger charge is 2.16. The van der Waals surface area contributed by atoms with Crippen molar-refractivity contribution < 1.29 is 14.5 Å².